The molecule has 0 bridgehead atoms. The standard InChI is InChI=1S/C19H19ClN2O4/c20-16-3-1-2-4-17(16)26-13-18(23)21-15-7-5-14(6-8-15)19(24)22-9-11-25-12-10-22/h1-8H,9-13H2,(H,21,23). The monoisotopic (exact) mass is 374 g/mol. The quantitative estimate of drug-likeness (QED) is 0.873. The molecule has 26 heavy (non-hydrogen) atoms. The lowest BCUT2D eigenvalue weighted by Gasteiger charge is -2.26. The predicted molar refractivity (Wildman–Crippen MR) is 98.7 cm³/mol. The summed E-state index contributed by atoms with van der Waals surface area (Å²) in [5.41, 5.74) is 1.17. The summed E-state index contributed by atoms with van der Waals surface area (Å²) < 4.78 is 10.6. The highest BCUT2D eigenvalue weighted by Crippen LogP contribution is 2.23. The average Bonchev–Trinajstić information content (AvgIpc) is 2.68. The van der Waals surface area contributed by atoms with Crippen LogP contribution in [0.3, 0.4) is 0 Å². The van der Waals surface area contributed by atoms with Gasteiger partial charge in [0.2, 0.25) is 0 Å². The maximum absolute atomic E-state index is 12.4. The van der Waals surface area contributed by atoms with Gasteiger partial charge in [-0.3, -0.25) is 9.59 Å². The normalized spacial score (nSPS) is 14.0. The molecular weight excluding hydrogens is 356 g/mol. The Morgan fingerprint density at radius 3 is 2.46 bits per heavy atom. The molecule has 0 unspecified atom stereocenters. The Morgan fingerprint density at radius 1 is 1.08 bits per heavy atom. The highest BCUT2D eigenvalue weighted by Gasteiger charge is 2.18. The number of anilines is 1. The summed E-state index contributed by atoms with van der Waals surface area (Å²) in [6, 6.07) is 13.7. The first kappa shape index (κ1) is 18.2. The number of para-hydroxylation sites is 1. The molecular formula is C19H19ClN2O4. The SMILES string of the molecule is O=C(COc1ccccc1Cl)Nc1ccc(C(=O)N2CCOCC2)cc1. The summed E-state index contributed by atoms with van der Waals surface area (Å²) in [4.78, 5) is 26.1. The van der Waals surface area contributed by atoms with Crippen molar-refractivity contribution in [3.05, 3.63) is 59.1 Å². The molecule has 1 aliphatic heterocycles. The number of carbonyl (C=O) groups excluding carboxylic acids is 2. The van der Waals surface area contributed by atoms with Crippen LogP contribution in [0.1, 0.15) is 10.4 Å². The van der Waals surface area contributed by atoms with Crippen LogP contribution in [0.4, 0.5) is 5.69 Å². The molecule has 1 aliphatic rings. The smallest absolute Gasteiger partial charge is 0.262 e. The Kier molecular flexibility index (Phi) is 6.09. The number of halogens is 1. The number of amides is 2. The molecule has 2 aromatic carbocycles. The maximum Gasteiger partial charge on any atom is 0.262 e. The van der Waals surface area contributed by atoms with Crippen molar-refractivity contribution >= 4 is 29.1 Å². The first-order valence-electron chi connectivity index (χ1n) is 8.28. The lowest BCUT2D eigenvalue weighted by molar-refractivity contribution is -0.118. The second kappa shape index (κ2) is 8.69. The van der Waals surface area contributed by atoms with E-state index in [-0.39, 0.29) is 18.4 Å². The van der Waals surface area contributed by atoms with E-state index in [0.29, 0.717) is 48.3 Å². The Balaban J connectivity index is 1.52. The minimum absolute atomic E-state index is 0.0340. The number of hydrogen-bond acceptors (Lipinski definition) is 4. The van der Waals surface area contributed by atoms with Crippen molar-refractivity contribution in [3.63, 3.8) is 0 Å². The number of benzene rings is 2. The molecule has 0 radical (unpaired) electrons. The van der Waals surface area contributed by atoms with Gasteiger partial charge in [0.1, 0.15) is 5.75 Å². The zero-order chi connectivity index (χ0) is 18.4. The van der Waals surface area contributed by atoms with Crippen molar-refractivity contribution in [1.29, 1.82) is 0 Å². The fraction of sp³-hybridized carbons (Fsp3) is 0.263. The number of morpholine rings is 1. The summed E-state index contributed by atoms with van der Waals surface area (Å²) in [7, 11) is 0. The first-order chi connectivity index (χ1) is 12.6. The van der Waals surface area contributed by atoms with Gasteiger partial charge in [0, 0.05) is 24.3 Å². The third kappa shape index (κ3) is 4.74. The molecule has 3 rings (SSSR count). The fourth-order valence-electron chi connectivity index (χ4n) is 2.55. The Morgan fingerprint density at radius 2 is 1.77 bits per heavy atom. The molecule has 136 valence electrons. The second-order valence-electron chi connectivity index (χ2n) is 5.75. The summed E-state index contributed by atoms with van der Waals surface area (Å²) >= 11 is 5.98. The van der Waals surface area contributed by atoms with E-state index in [1.54, 1.807) is 53.4 Å². The second-order valence-corrected chi connectivity index (χ2v) is 6.16. The van der Waals surface area contributed by atoms with Crippen molar-refractivity contribution in [3.8, 4) is 5.75 Å². The molecule has 1 N–H and O–H groups in total. The highest BCUT2D eigenvalue weighted by atomic mass is 35.5. The van der Waals surface area contributed by atoms with Crippen LogP contribution in [0.25, 0.3) is 0 Å². The van der Waals surface area contributed by atoms with Crippen LogP contribution in [0.2, 0.25) is 5.02 Å². The van der Waals surface area contributed by atoms with Crippen molar-refractivity contribution in [2.24, 2.45) is 0 Å². The van der Waals surface area contributed by atoms with Crippen LogP contribution in [0.15, 0.2) is 48.5 Å². The molecule has 1 fully saturated rings. The van der Waals surface area contributed by atoms with Crippen LogP contribution in [0.5, 0.6) is 5.75 Å². The zero-order valence-electron chi connectivity index (χ0n) is 14.1. The van der Waals surface area contributed by atoms with E-state index >= 15 is 0 Å². The third-order valence-corrected chi connectivity index (χ3v) is 4.22. The van der Waals surface area contributed by atoms with Crippen LogP contribution in [0, 0.1) is 0 Å². The van der Waals surface area contributed by atoms with E-state index < -0.39 is 0 Å². The van der Waals surface area contributed by atoms with E-state index in [9.17, 15) is 9.59 Å². The van der Waals surface area contributed by atoms with Crippen molar-refractivity contribution in [2.45, 2.75) is 0 Å². The molecule has 2 amide bonds. The molecule has 1 heterocycles. The summed E-state index contributed by atoms with van der Waals surface area (Å²) in [6.45, 7) is 2.15. The van der Waals surface area contributed by atoms with Gasteiger partial charge in [-0.25, -0.2) is 0 Å². The molecule has 0 aromatic heterocycles. The van der Waals surface area contributed by atoms with Gasteiger partial charge in [0.25, 0.3) is 11.8 Å². The van der Waals surface area contributed by atoms with E-state index in [1.807, 2.05) is 0 Å². The molecule has 0 atom stereocenters. The lowest BCUT2D eigenvalue weighted by atomic mass is 10.1. The first-order valence-corrected chi connectivity index (χ1v) is 8.65. The molecule has 6 nitrogen and oxygen atoms in total. The Labute approximate surface area is 156 Å². The molecule has 7 heteroatoms. The zero-order valence-corrected chi connectivity index (χ0v) is 14.9. The maximum atomic E-state index is 12.4. The average molecular weight is 375 g/mol. The molecule has 2 aromatic rings. The van der Waals surface area contributed by atoms with Gasteiger partial charge >= 0.3 is 0 Å². The number of rotatable bonds is 5. The molecule has 0 spiro atoms. The van der Waals surface area contributed by atoms with Gasteiger partial charge in [0.15, 0.2) is 6.61 Å². The molecule has 1 saturated heterocycles. The van der Waals surface area contributed by atoms with Gasteiger partial charge < -0.3 is 19.7 Å². The number of hydrogen-bond donors (Lipinski definition) is 1. The number of carbonyl (C=O) groups is 2. The highest BCUT2D eigenvalue weighted by molar-refractivity contribution is 6.32. The van der Waals surface area contributed by atoms with Gasteiger partial charge in [-0.1, -0.05) is 23.7 Å². The Hall–Kier alpha value is -2.57. The summed E-state index contributed by atoms with van der Waals surface area (Å²) in [5, 5.41) is 3.18. The van der Waals surface area contributed by atoms with E-state index in [4.69, 9.17) is 21.1 Å². The Bertz CT molecular complexity index is 773. The predicted octanol–water partition coefficient (Wildman–Crippen LogP) is 2.83. The van der Waals surface area contributed by atoms with Crippen LogP contribution < -0.4 is 10.1 Å². The summed E-state index contributed by atoms with van der Waals surface area (Å²) in [6.07, 6.45) is 0. The molecule has 0 aliphatic carbocycles. The largest absolute Gasteiger partial charge is 0.482 e. The van der Waals surface area contributed by atoms with Crippen LogP contribution in [-0.2, 0) is 9.53 Å². The number of ether oxygens (including phenoxy) is 2. The lowest BCUT2D eigenvalue weighted by Crippen LogP contribution is -2.40. The van der Waals surface area contributed by atoms with Gasteiger partial charge in [0.05, 0.1) is 18.2 Å². The van der Waals surface area contributed by atoms with Crippen LogP contribution >= 0.6 is 11.6 Å². The third-order valence-electron chi connectivity index (χ3n) is 3.91. The van der Waals surface area contributed by atoms with Gasteiger partial charge in [-0.2, -0.15) is 0 Å². The minimum atomic E-state index is -0.308. The van der Waals surface area contributed by atoms with E-state index in [0.717, 1.165) is 0 Å². The number of nitrogens with zero attached hydrogens (tertiary/aromatic N) is 1. The van der Waals surface area contributed by atoms with Crippen molar-refractivity contribution < 1.29 is 19.1 Å². The van der Waals surface area contributed by atoms with E-state index in [1.165, 1.54) is 0 Å². The minimum Gasteiger partial charge on any atom is -0.482 e. The van der Waals surface area contributed by atoms with Crippen molar-refractivity contribution in [1.82, 2.24) is 4.90 Å². The van der Waals surface area contributed by atoms with Crippen LogP contribution in [-0.4, -0.2) is 49.6 Å². The number of nitrogens with one attached hydrogen (secondary N) is 1. The molecule has 0 saturated carbocycles. The fourth-order valence-corrected chi connectivity index (χ4v) is 2.74. The van der Waals surface area contributed by atoms with Crippen molar-refractivity contribution in [2.75, 3.05) is 38.2 Å². The van der Waals surface area contributed by atoms with Gasteiger partial charge in [-0.15, -0.1) is 0 Å². The van der Waals surface area contributed by atoms with Gasteiger partial charge in [-0.05, 0) is 36.4 Å². The van der Waals surface area contributed by atoms with E-state index in [2.05, 4.69) is 5.32 Å². The topological polar surface area (TPSA) is 67.9 Å². The summed E-state index contributed by atoms with van der Waals surface area (Å²) in [5.74, 6) is 0.112.